The highest BCUT2D eigenvalue weighted by molar-refractivity contribution is 7.84. The molecule has 1 rings (SSSR count). The molecule has 1 aliphatic rings. The molecule has 1 unspecified atom stereocenters. The molecule has 0 saturated heterocycles. The third kappa shape index (κ3) is 1.24. The average Bonchev–Trinajstić information content (AvgIpc) is 2.30. The van der Waals surface area contributed by atoms with E-state index in [0.717, 1.165) is 6.42 Å². The molecule has 0 aromatic rings. The molecule has 12 heavy (non-hydrogen) atoms. The summed E-state index contributed by atoms with van der Waals surface area (Å²) in [5, 5.41) is 0. The summed E-state index contributed by atoms with van der Waals surface area (Å²) in [5.41, 5.74) is 3.27. The summed E-state index contributed by atoms with van der Waals surface area (Å²) < 4.78 is 0. The van der Waals surface area contributed by atoms with E-state index >= 15 is 0 Å². The molecule has 0 amide bonds. The Morgan fingerprint density at radius 2 is 2.00 bits per heavy atom. The highest BCUT2D eigenvalue weighted by Gasteiger charge is 2.33. The van der Waals surface area contributed by atoms with Crippen LogP contribution in [-0.2, 0) is 0 Å². The zero-order valence-electron chi connectivity index (χ0n) is 8.44. The van der Waals surface area contributed by atoms with Crippen LogP contribution in [0, 0.1) is 5.41 Å². The van der Waals surface area contributed by atoms with Gasteiger partial charge in [0.1, 0.15) is 0 Å². The van der Waals surface area contributed by atoms with E-state index in [1.54, 1.807) is 0 Å². The van der Waals surface area contributed by atoms with Crippen molar-refractivity contribution in [2.75, 3.05) is 0 Å². The maximum atomic E-state index is 4.47. The summed E-state index contributed by atoms with van der Waals surface area (Å²) in [7, 11) is 0. The van der Waals surface area contributed by atoms with Gasteiger partial charge in [0.25, 0.3) is 0 Å². The van der Waals surface area contributed by atoms with Crippen molar-refractivity contribution < 1.29 is 0 Å². The molecule has 0 saturated carbocycles. The highest BCUT2D eigenvalue weighted by Crippen LogP contribution is 2.47. The standard InChI is InChI=1S/C11H18S/c1-5-9-7-10(12)8(3)11(9,4)6-2/h7,12H,5-6H2,1-4H3. The smallest absolute Gasteiger partial charge is 0.0104 e. The Hall–Kier alpha value is -0.170. The maximum Gasteiger partial charge on any atom is 0.0104 e. The van der Waals surface area contributed by atoms with Crippen LogP contribution in [0.25, 0.3) is 0 Å². The van der Waals surface area contributed by atoms with Crippen LogP contribution in [0.2, 0.25) is 0 Å². The molecule has 0 spiro atoms. The molecule has 0 heterocycles. The number of hydrogen-bond acceptors (Lipinski definition) is 1. The van der Waals surface area contributed by atoms with Gasteiger partial charge in [-0.1, -0.05) is 31.9 Å². The van der Waals surface area contributed by atoms with Crippen molar-refractivity contribution in [3.8, 4) is 0 Å². The molecule has 0 radical (unpaired) electrons. The summed E-state index contributed by atoms with van der Waals surface area (Å²) in [6, 6.07) is 0. The molecule has 0 N–H and O–H groups in total. The van der Waals surface area contributed by atoms with Crippen molar-refractivity contribution in [3.05, 3.63) is 22.1 Å². The Morgan fingerprint density at radius 1 is 1.42 bits per heavy atom. The van der Waals surface area contributed by atoms with E-state index in [-0.39, 0.29) is 0 Å². The molecule has 0 aliphatic heterocycles. The SMILES string of the molecule is CCC1=CC(S)=C(C)C1(C)CC. The topological polar surface area (TPSA) is 0 Å². The van der Waals surface area contributed by atoms with Crippen molar-refractivity contribution in [1.82, 2.24) is 0 Å². The predicted molar refractivity (Wildman–Crippen MR) is 58.5 cm³/mol. The minimum Gasteiger partial charge on any atom is -0.143 e. The van der Waals surface area contributed by atoms with Crippen LogP contribution in [0.15, 0.2) is 22.1 Å². The Balaban J connectivity index is 3.07. The Bertz CT molecular complexity index is 248. The Kier molecular flexibility index (Phi) is 2.72. The van der Waals surface area contributed by atoms with Crippen molar-refractivity contribution in [1.29, 1.82) is 0 Å². The van der Waals surface area contributed by atoms with Crippen LogP contribution in [-0.4, -0.2) is 0 Å². The Morgan fingerprint density at radius 3 is 2.33 bits per heavy atom. The van der Waals surface area contributed by atoms with Crippen molar-refractivity contribution in [2.24, 2.45) is 5.41 Å². The normalized spacial score (nSPS) is 29.6. The fraction of sp³-hybridized carbons (Fsp3) is 0.636. The number of hydrogen-bond donors (Lipinski definition) is 1. The van der Waals surface area contributed by atoms with Crippen molar-refractivity contribution in [2.45, 2.75) is 40.5 Å². The second-order valence-electron chi connectivity index (χ2n) is 3.72. The highest BCUT2D eigenvalue weighted by atomic mass is 32.1. The van der Waals surface area contributed by atoms with Crippen LogP contribution in [0.3, 0.4) is 0 Å². The van der Waals surface area contributed by atoms with Gasteiger partial charge in [-0.25, -0.2) is 0 Å². The molecule has 0 nitrogen and oxygen atoms in total. The van der Waals surface area contributed by atoms with Crippen molar-refractivity contribution >= 4 is 12.6 Å². The first kappa shape index (κ1) is 9.91. The minimum absolute atomic E-state index is 0.297. The lowest BCUT2D eigenvalue weighted by Gasteiger charge is -2.28. The van der Waals surface area contributed by atoms with Crippen LogP contribution in [0.4, 0.5) is 0 Å². The first-order valence-corrected chi connectivity index (χ1v) is 5.12. The summed E-state index contributed by atoms with van der Waals surface area (Å²) >= 11 is 4.47. The molecule has 0 aromatic heterocycles. The molecule has 1 heteroatoms. The van der Waals surface area contributed by atoms with E-state index in [0.29, 0.717) is 5.41 Å². The maximum absolute atomic E-state index is 4.47. The lowest BCUT2D eigenvalue weighted by atomic mass is 9.76. The predicted octanol–water partition coefficient (Wildman–Crippen LogP) is 3.96. The summed E-state index contributed by atoms with van der Waals surface area (Å²) in [4.78, 5) is 1.18. The first-order chi connectivity index (χ1) is 5.56. The van der Waals surface area contributed by atoms with Crippen LogP contribution in [0.5, 0.6) is 0 Å². The molecule has 68 valence electrons. The van der Waals surface area contributed by atoms with Gasteiger partial charge in [0, 0.05) is 10.3 Å². The molecule has 1 aliphatic carbocycles. The first-order valence-electron chi connectivity index (χ1n) is 4.67. The van der Waals surface area contributed by atoms with E-state index in [9.17, 15) is 0 Å². The van der Waals surface area contributed by atoms with Gasteiger partial charge in [-0.2, -0.15) is 0 Å². The van der Waals surface area contributed by atoms with Gasteiger partial charge in [0.15, 0.2) is 0 Å². The largest absolute Gasteiger partial charge is 0.143 e. The lowest BCUT2D eigenvalue weighted by molar-refractivity contribution is 0.458. The monoisotopic (exact) mass is 182 g/mol. The zero-order valence-corrected chi connectivity index (χ0v) is 9.33. The average molecular weight is 182 g/mol. The third-order valence-corrected chi connectivity index (χ3v) is 3.78. The second kappa shape index (κ2) is 3.29. The van der Waals surface area contributed by atoms with E-state index in [4.69, 9.17) is 0 Å². The van der Waals surface area contributed by atoms with Gasteiger partial charge >= 0.3 is 0 Å². The van der Waals surface area contributed by atoms with E-state index in [2.05, 4.69) is 46.4 Å². The fourth-order valence-corrected chi connectivity index (χ4v) is 2.34. The number of thiol groups is 1. The minimum atomic E-state index is 0.297. The van der Waals surface area contributed by atoms with Gasteiger partial charge in [-0.05, 0) is 25.8 Å². The van der Waals surface area contributed by atoms with Gasteiger partial charge in [-0.15, -0.1) is 12.6 Å². The summed E-state index contributed by atoms with van der Waals surface area (Å²) in [6.07, 6.45) is 4.57. The molecule has 0 bridgehead atoms. The van der Waals surface area contributed by atoms with Gasteiger partial charge < -0.3 is 0 Å². The number of allylic oxidation sites excluding steroid dienone is 3. The van der Waals surface area contributed by atoms with E-state index < -0.39 is 0 Å². The van der Waals surface area contributed by atoms with E-state index in [1.807, 2.05) is 0 Å². The zero-order chi connectivity index (χ0) is 9.35. The third-order valence-electron chi connectivity index (χ3n) is 3.32. The molecule has 1 atom stereocenters. The quantitative estimate of drug-likeness (QED) is 0.614. The summed E-state index contributed by atoms with van der Waals surface area (Å²) in [6.45, 7) is 8.99. The van der Waals surface area contributed by atoms with Crippen LogP contribution in [0.1, 0.15) is 40.5 Å². The fourth-order valence-electron chi connectivity index (χ4n) is 1.94. The second-order valence-corrected chi connectivity index (χ2v) is 4.20. The molecular formula is C11H18S. The van der Waals surface area contributed by atoms with Gasteiger partial charge in [0.2, 0.25) is 0 Å². The van der Waals surface area contributed by atoms with Crippen LogP contribution >= 0.6 is 12.6 Å². The Labute approximate surface area is 81.2 Å². The number of rotatable bonds is 2. The molecular weight excluding hydrogens is 164 g/mol. The van der Waals surface area contributed by atoms with Gasteiger partial charge in [0.05, 0.1) is 0 Å². The lowest BCUT2D eigenvalue weighted by Crippen LogP contribution is -2.16. The molecule has 0 fully saturated rings. The summed E-state index contributed by atoms with van der Waals surface area (Å²) in [5.74, 6) is 0. The van der Waals surface area contributed by atoms with Gasteiger partial charge in [-0.3, -0.25) is 0 Å². The molecule has 0 aromatic carbocycles. The van der Waals surface area contributed by atoms with Crippen molar-refractivity contribution in [3.63, 3.8) is 0 Å². The van der Waals surface area contributed by atoms with E-state index in [1.165, 1.54) is 22.5 Å². The van der Waals surface area contributed by atoms with Crippen LogP contribution < -0.4 is 0 Å².